The van der Waals surface area contributed by atoms with Gasteiger partial charge in [-0.3, -0.25) is 47.8 Å². The van der Waals surface area contributed by atoms with Crippen molar-refractivity contribution < 1.29 is 76.0 Å². The number of aldehydes is 1. The second kappa shape index (κ2) is 70.0. The highest BCUT2D eigenvalue weighted by atomic mass is 32.2. The van der Waals surface area contributed by atoms with Crippen LogP contribution in [-0.2, 0) is 73.9 Å². The number of carboxylic acids is 2. The van der Waals surface area contributed by atoms with E-state index in [1.807, 2.05) is 27.7 Å². The predicted molar refractivity (Wildman–Crippen MR) is 354 cm³/mol. The highest BCUT2D eigenvalue weighted by molar-refractivity contribution is 7.90. The standard InChI is InChI=1S/C35H65N7O7S.C18H33N3O7.C3H8N2OS.C3H6O.C2H6/c43-32(36-28-22-18-14-10-6-9-12-16-20-25-33(44)37-30-35(46)47)27-23-29-50(48,49)40-34(45)26-21-17-13-8-5-3-1-2-4-7-11-15-19-24-31-38-41-42-39-31;1-3-5-8-19-17(24)13-28-12-11-27-10-9-20-16(23)7-6-14(18(25)26)21-15(22)4-2;1-4-3(6)2-5-7;1-2-3-4;1-2/h1-30H2,(H,36,43)(H,37,44)(H,40,45)(H,46,47)(H,38,39,41,42);14H,3-13H2,1-2H3,(H,19,24)(H,20,23)(H,21,22)(H,25,26);5,7H,2H2,1H3,(H,4,6);3H,2H2,1H3;1-2H3. The maximum absolute atomic E-state index is 12.2. The van der Waals surface area contributed by atoms with Gasteiger partial charge in [0.15, 0.2) is 5.82 Å². The number of carboxylic acid groups (broad SMARTS) is 2. The lowest BCUT2D eigenvalue weighted by Gasteiger charge is -2.13. The Bertz CT molecular complexity index is 2100. The van der Waals surface area contributed by atoms with Crippen LogP contribution < -0.4 is 41.3 Å². The smallest absolute Gasteiger partial charge is 0.326 e. The van der Waals surface area contributed by atoms with E-state index in [0.717, 1.165) is 115 Å². The number of unbranched alkanes of at least 4 members (excludes halogenated alkanes) is 21. The molecule has 0 bridgehead atoms. The number of likely N-dealkylation sites (N-methyl/N-ethyl adjacent to an activating group) is 1. The number of nitrogens with zero attached hydrogens (tertiary/aromatic N) is 3. The lowest BCUT2D eigenvalue weighted by atomic mass is 10.0. The zero-order valence-electron chi connectivity index (χ0n) is 55.9. The van der Waals surface area contributed by atoms with E-state index >= 15 is 0 Å². The van der Waals surface area contributed by atoms with Crippen LogP contribution >= 0.6 is 12.8 Å². The van der Waals surface area contributed by atoms with Gasteiger partial charge in [-0.15, -0.1) is 10.2 Å². The number of aliphatic carboxylic acids is 2. The number of amides is 7. The number of H-pyrrole nitrogens is 1. The van der Waals surface area contributed by atoms with E-state index < -0.39 is 33.9 Å². The molecular formula is C61H118N12O16S2. The van der Waals surface area contributed by atoms with Crippen LogP contribution in [0.3, 0.4) is 0 Å². The number of aromatic amines is 1. The first-order chi connectivity index (χ1) is 43.8. The first-order valence-electron chi connectivity index (χ1n) is 33.0. The number of aromatic nitrogens is 4. The third kappa shape index (κ3) is 73.1. The number of tetrazole rings is 1. The Balaban J connectivity index is -0.000000768. The van der Waals surface area contributed by atoms with Crippen LogP contribution in [-0.4, -0.2) is 177 Å². The monoisotopic (exact) mass is 1340 g/mol. The molecule has 1 rings (SSSR count). The van der Waals surface area contributed by atoms with Crippen LogP contribution in [0.25, 0.3) is 0 Å². The summed E-state index contributed by atoms with van der Waals surface area (Å²) >= 11 is 3.60. The molecule has 11 N–H and O–H groups in total. The lowest BCUT2D eigenvalue weighted by Crippen LogP contribution is -2.41. The summed E-state index contributed by atoms with van der Waals surface area (Å²) in [7, 11) is -2.16. The molecule has 1 atom stereocenters. The van der Waals surface area contributed by atoms with Gasteiger partial charge in [0.2, 0.25) is 51.4 Å². The number of thiol groups is 1. The van der Waals surface area contributed by atoms with Crippen LogP contribution in [0, 0.1) is 0 Å². The van der Waals surface area contributed by atoms with Gasteiger partial charge in [-0.05, 0) is 44.9 Å². The van der Waals surface area contributed by atoms with E-state index in [1.54, 1.807) is 14.0 Å². The molecule has 0 aromatic carbocycles. The van der Waals surface area contributed by atoms with Gasteiger partial charge in [0.25, 0.3) is 0 Å². The van der Waals surface area contributed by atoms with Gasteiger partial charge >= 0.3 is 11.9 Å². The van der Waals surface area contributed by atoms with E-state index in [0.29, 0.717) is 39.0 Å². The van der Waals surface area contributed by atoms with E-state index in [4.69, 9.17) is 19.7 Å². The Morgan fingerprint density at radius 1 is 0.560 bits per heavy atom. The molecule has 28 nitrogen and oxygen atoms in total. The molecule has 30 heteroatoms. The summed E-state index contributed by atoms with van der Waals surface area (Å²) in [6.45, 7) is 11.7. The van der Waals surface area contributed by atoms with E-state index in [1.165, 1.54) is 51.4 Å². The van der Waals surface area contributed by atoms with Crippen LogP contribution in [0.1, 0.15) is 246 Å². The summed E-state index contributed by atoms with van der Waals surface area (Å²) in [5, 5.41) is 46.9. The highest BCUT2D eigenvalue weighted by Gasteiger charge is 2.20. The number of carbonyl (C=O) groups is 10. The van der Waals surface area contributed by atoms with Crippen molar-refractivity contribution in [2.45, 2.75) is 253 Å². The molecule has 0 aliphatic carbocycles. The number of sulfonamides is 1. The number of aryl methyl sites for hydroxylation is 1. The average Bonchev–Trinajstić information content (AvgIpc) is 4.16. The minimum Gasteiger partial charge on any atom is -0.480 e. The Morgan fingerprint density at radius 2 is 1.03 bits per heavy atom. The molecule has 0 saturated heterocycles. The van der Waals surface area contributed by atoms with E-state index in [2.05, 4.69) is 74.8 Å². The minimum absolute atomic E-state index is 0.0108. The predicted octanol–water partition coefficient (Wildman–Crippen LogP) is 6.25. The van der Waals surface area contributed by atoms with Crippen molar-refractivity contribution in [2.75, 3.05) is 72.0 Å². The Labute approximate surface area is 548 Å². The molecule has 0 fully saturated rings. The van der Waals surface area contributed by atoms with E-state index in [9.17, 15) is 56.4 Å². The molecular weight excluding hydrogens is 1220 g/mol. The number of hydrogen-bond donors (Lipinski definition) is 12. The summed E-state index contributed by atoms with van der Waals surface area (Å²) in [6.07, 6.45) is 29.4. The zero-order chi connectivity index (χ0) is 68.9. The molecule has 7 amide bonds. The van der Waals surface area contributed by atoms with Crippen molar-refractivity contribution in [3.05, 3.63) is 5.82 Å². The SMILES string of the molecule is CC.CCC=O.CCCCNC(=O)COCCOCCNC(=O)CCC(NC(=O)CC)C(=O)O.CNC(=O)CNS.O=C(O)CNC(=O)CCCCCCCCCCCNC(=O)CCCS(=O)(=O)NC(=O)CCCCCCCCCCCCCCCc1nn[nH]n1. The second-order valence-corrected chi connectivity index (χ2v) is 23.1. The summed E-state index contributed by atoms with van der Waals surface area (Å²) in [5.41, 5.74) is 0. The Kier molecular flexibility index (Phi) is 70.5. The number of nitrogens with one attached hydrogen (secondary N) is 9. The maximum atomic E-state index is 12.2. The number of rotatable bonds is 55. The third-order valence-corrected chi connectivity index (χ3v) is 14.5. The quantitative estimate of drug-likeness (QED) is 0.0195. The van der Waals surface area contributed by atoms with E-state index in [-0.39, 0.29) is 119 Å². The molecule has 0 spiro atoms. The van der Waals surface area contributed by atoms with Gasteiger partial charge in [0.1, 0.15) is 25.5 Å². The molecule has 0 radical (unpaired) electrons. The molecule has 0 aliphatic rings. The van der Waals surface area contributed by atoms with Gasteiger partial charge in [-0.25, -0.2) is 13.2 Å². The normalized spacial score (nSPS) is 10.8. The second-order valence-electron chi connectivity index (χ2n) is 21.0. The largest absolute Gasteiger partial charge is 0.480 e. The minimum atomic E-state index is -3.74. The van der Waals surface area contributed by atoms with Crippen LogP contribution in [0.15, 0.2) is 0 Å². The number of carbonyl (C=O) groups excluding carboxylic acids is 8. The first kappa shape index (κ1) is 91.6. The molecule has 91 heavy (non-hydrogen) atoms. The average molecular weight is 1340 g/mol. The van der Waals surface area contributed by atoms with Crippen LogP contribution in [0.2, 0.25) is 0 Å². The van der Waals surface area contributed by atoms with Crippen LogP contribution in [0.5, 0.6) is 0 Å². The molecule has 1 unspecified atom stereocenters. The van der Waals surface area contributed by atoms with Gasteiger partial charge in [-0.1, -0.05) is 175 Å². The molecule has 530 valence electrons. The van der Waals surface area contributed by atoms with Crippen molar-refractivity contribution in [2.24, 2.45) is 0 Å². The topological polar surface area (TPSA) is 414 Å². The van der Waals surface area contributed by atoms with Gasteiger partial charge in [0.05, 0.1) is 32.1 Å². The fourth-order valence-electron chi connectivity index (χ4n) is 7.91. The van der Waals surface area contributed by atoms with Crippen molar-refractivity contribution in [1.29, 1.82) is 0 Å². The molecule has 1 heterocycles. The van der Waals surface area contributed by atoms with Crippen molar-refractivity contribution in [1.82, 2.24) is 62.0 Å². The Morgan fingerprint density at radius 3 is 1.52 bits per heavy atom. The zero-order valence-corrected chi connectivity index (χ0v) is 57.6. The van der Waals surface area contributed by atoms with Gasteiger partial charge < -0.3 is 56.4 Å². The summed E-state index contributed by atoms with van der Waals surface area (Å²) < 4.78 is 39.5. The molecule has 1 aromatic heterocycles. The highest BCUT2D eigenvalue weighted by Crippen LogP contribution is 2.14. The Hall–Kier alpha value is -5.85. The number of hydrogen-bond acceptors (Lipinski definition) is 19. The van der Waals surface area contributed by atoms with Crippen molar-refractivity contribution >= 4 is 82.4 Å². The lowest BCUT2D eigenvalue weighted by molar-refractivity contribution is -0.142. The van der Waals surface area contributed by atoms with Gasteiger partial charge in [-0.2, -0.15) is 5.21 Å². The van der Waals surface area contributed by atoms with Crippen molar-refractivity contribution in [3.8, 4) is 0 Å². The molecule has 0 aliphatic heterocycles. The summed E-state index contributed by atoms with van der Waals surface area (Å²) in [5.74, 6) is -3.43. The van der Waals surface area contributed by atoms with Crippen LogP contribution in [0.4, 0.5) is 0 Å². The number of ether oxygens (including phenoxy) is 2. The summed E-state index contributed by atoms with van der Waals surface area (Å²) in [4.78, 5) is 111. The van der Waals surface area contributed by atoms with Gasteiger partial charge in [0, 0.05) is 71.6 Å². The fraction of sp³-hybridized carbons (Fsp3) is 0.820. The third-order valence-electron chi connectivity index (χ3n) is 12.9. The first-order valence-corrected chi connectivity index (χ1v) is 35.1. The van der Waals surface area contributed by atoms with Crippen molar-refractivity contribution in [3.63, 3.8) is 0 Å². The fourth-order valence-corrected chi connectivity index (χ4v) is 9.13. The molecule has 1 aromatic rings. The maximum Gasteiger partial charge on any atom is 0.326 e. The summed E-state index contributed by atoms with van der Waals surface area (Å²) in [6, 6.07) is -1.08. The molecule has 0 saturated carbocycles.